The number of halogens is 4. The topological polar surface area (TPSA) is 9.23 Å². The first-order valence-corrected chi connectivity index (χ1v) is 7.37. The van der Waals surface area contributed by atoms with Crippen LogP contribution in [0.15, 0.2) is 28.1 Å². The van der Waals surface area contributed by atoms with Crippen LogP contribution in [-0.4, -0.2) is 7.11 Å². The van der Waals surface area contributed by atoms with E-state index in [9.17, 15) is 4.39 Å². The van der Waals surface area contributed by atoms with Gasteiger partial charge in [-0.05, 0) is 39.7 Å². The van der Waals surface area contributed by atoms with Gasteiger partial charge >= 0.3 is 0 Å². The van der Waals surface area contributed by atoms with Crippen molar-refractivity contribution < 1.29 is 9.13 Å². The van der Waals surface area contributed by atoms with E-state index in [2.05, 4.69) is 15.9 Å². The van der Waals surface area contributed by atoms with Crippen molar-refractivity contribution in [3.63, 3.8) is 0 Å². The molecule has 2 aromatic rings. The van der Waals surface area contributed by atoms with Gasteiger partial charge in [-0.1, -0.05) is 17.7 Å². The molecular formula is C12H8BrCl2FOS. The Morgan fingerprint density at radius 2 is 2.11 bits per heavy atom. The van der Waals surface area contributed by atoms with E-state index in [1.807, 2.05) is 0 Å². The summed E-state index contributed by atoms with van der Waals surface area (Å²) in [7, 11) is 1.42. The largest absolute Gasteiger partial charge is 0.494 e. The van der Waals surface area contributed by atoms with Gasteiger partial charge in [-0.25, -0.2) is 4.39 Å². The second kappa shape index (κ2) is 5.78. The van der Waals surface area contributed by atoms with Crippen molar-refractivity contribution in [2.75, 3.05) is 7.11 Å². The third kappa shape index (κ3) is 2.82. The fraction of sp³-hybridized carbons (Fsp3) is 0.167. The molecule has 18 heavy (non-hydrogen) atoms. The normalized spacial score (nSPS) is 12.5. The monoisotopic (exact) mass is 368 g/mol. The predicted molar refractivity (Wildman–Crippen MR) is 77.7 cm³/mol. The molecular weight excluding hydrogens is 362 g/mol. The Labute approximate surface area is 127 Å². The SMILES string of the molecule is COc1ccc(C(Cl)c2cc(Cl)c(Br)s2)cc1F. The molecule has 0 aliphatic rings. The van der Waals surface area contributed by atoms with E-state index >= 15 is 0 Å². The minimum atomic E-state index is -0.431. The van der Waals surface area contributed by atoms with E-state index in [1.165, 1.54) is 24.5 Å². The number of benzene rings is 1. The smallest absolute Gasteiger partial charge is 0.165 e. The summed E-state index contributed by atoms with van der Waals surface area (Å²) in [6.07, 6.45) is 0. The lowest BCUT2D eigenvalue weighted by atomic mass is 10.1. The van der Waals surface area contributed by atoms with Gasteiger partial charge < -0.3 is 4.74 Å². The first-order valence-electron chi connectivity index (χ1n) is 4.95. The highest BCUT2D eigenvalue weighted by atomic mass is 79.9. The molecule has 96 valence electrons. The number of thiophene rings is 1. The molecule has 1 unspecified atom stereocenters. The van der Waals surface area contributed by atoms with E-state index in [0.717, 1.165) is 8.66 Å². The average Bonchev–Trinajstić information content (AvgIpc) is 2.68. The number of alkyl halides is 1. The first kappa shape index (κ1) is 14.1. The van der Waals surface area contributed by atoms with Gasteiger partial charge in [0.25, 0.3) is 0 Å². The molecule has 2 rings (SSSR count). The quantitative estimate of drug-likeness (QED) is 0.636. The highest BCUT2D eigenvalue weighted by molar-refractivity contribution is 9.11. The van der Waals surface area contributed by atoms with Crippen LogP contribution in [0.25, 0.3) is 0 Å². The number of hydrogen-bond acceptors (Lipinski definition) is 2. The molecule has 6 heteroatoms. The number of ether oxygens (including phenoxy) is 1. The van der Waals surface area contributed by atoms with Crippen molar-refractivity contribution in [1.29, 1.82) is 0 Å². The molecule has 0 spiro atoms. The fourth-order valence-corrected chi connectivity index (χ4v) is 3.58. The van der Waals surface area contributed by atoms with Gasteiger partial charge in [-0.2, -0.15) is 0 Å². The maximum Gasteiger partial charge on any atom is 0.165 e. The highest BCUT2D eigenvalue weighted by Gasteiger charge is 2.17. The summed E-state index contributed by atoms with van der Waals surface area (Å²) in [6, 6.07) is 6.44. The Morgan fingerprint density at radius 1 is 1.39 bits per heavy atom. The van der Waals surface area contributed by atoms with Crippen LogP contribution in [0.2, 0.25) is 5.02 Å². The number of methoxy groups -OCH3 is 1. The molecule has 0 saturated heterocycles. The molecule has 0 aliphatic carbocycles. The molecule has 0 bridgehead atoms. The molecule has 1 aromatic heterocycles. The standard InChI is InChI=1S/C12H8BrCl2FOS/c1-17-9-3-2-6(4-8(9)16)11(15)10-5-7(14)12(13)18-10/h2-5,11H,1H3. The Kier molecular flexibility index (Phi) is 4.54. The Balaban J connectivity index is 2.33. The third-order valence-corrected chi connectivity index (χ3v) is 5.54. The zero-order chi connectivity index (χ0) is 13.3. The Bertz CT molecular complexity index is 554. The van der Waals surface area contributed by atoms with Gasteiger partial charge in [0.1, 0.15) is 0 Å². The molecule has 1 atom stereocenters. The van der Waals surface area contributed by atoms with Gasteiger partial charge in [-0.3, -0.25) is 0 Å². The summed E-state index contributed by atoms with van der Waals surface area (Å²) in [4.78, 5) is 0.859. The first-order chi connectivity index (χ1) is 8.52. The summed E-state index contributed by atoms with van der Waals surface area (Å²) in [5.74, 6) is -0.227. The minimum absolute atomic E-state index is 0.202. The summed E-state index contributed by atoms with van der Waals surface area (Å²) in [6.45, 7) is 0. The third-order valence-electron chi connectivity index (χ3n) is 2.38. The highest BCUT2D eigenvalue weighted by Crippen LogP contribution is 2.40. The maximum atomic E-state index is 13.6. The van der Waals surface area contributed by atoms with E-state index in [1.54, 1.807) is 18.2 Å². The number of hydrogen-bond donors (Lipinski definition) is 0. The lowest BCUT2D eigenvalue weighted by Gasteiger charge is -2.09. The molecule has 0 amide bonds. The zero-order valence-electron chi connectivity index (χ0n) is 9.22. The molecule has 0 radical (unpaired) electrons. The Morgan fingerprint density at radius 3 is 2.61 bits per heavy atom. The summed E-state index contributed by atoms with van der Waals surface area (Å²) >= 11 is 17.0. The lowest BCUT2D eigenvalue weighted by molar-refractivity contribution is 0.386. The second-order valence-electron chi connectivity index (χ2n) is 3.53. The van der Waals surface area contributed by atoms with E-state index in [4.69, 9.17) is 27.9 Å². The summed E-state index contributed by atoms with van der Waals surface area (Å²) < 4.78 is 19.3. The van der Waals surface area contributed by atoms with Crippen LogP contribution in [0.4, 0.5) is 4.39 Å². The van der Waals surface area contributed by atoms with Crippen molar-refractivity contribution in [3.8, 4) is 5.75 Å². The molecule has 1 heterocycles. The van der Waals surface area contributed by atoms with Crippen LogP contribution in [0.1, 0.15) is 15.8 Å². The Hall–Kier alpha value is -0.290. The molecule has 1 nitrogen and oxygen atoms in total. The fourth-order valence-electron chi connectivity index (χ4n) is 1.49. The summed E-state index contributed by atoms with van der Waals surface area (Å²) in [5.41, 5.74) is 0.667. The van der Waals surface area contributed by atoms with Crippen LogP contribution in [-0.2, 0) is 0 Å². The predicted octanol–water partition coefficient (Wildman–Crippen LogP) is 5.64. The van der Waals surface area contributed by atoms with Crippen LogP contribution in [0.3, 0.4) is 0 Å². The molecule has 0 saturated carbocycles. The van der Waals surface area contributed by atoms with Crippen molar-refractivity contribution in [3.05, 3.63) is 49.3 Å². The van der Waals surface area contributed by atoms with Crippen molar-refractivity contribution in [1.82, 2.24) is 0 Å². The van der Waals surface area contributed by atoms with Gasteiger partial charge in [-0.15, -0.1) is 22.9 Å². The van der Waals surface area contributed by atoms with Crippen molar-refractivity contribution in [2.24, 2.45) is 0 Å². The van der Waals surface area contributed by atoms with Crippen LogP contribution in [0, 0.1) is 5.82 Å². The van der Waals surface area contributed by atoms with E-state index in [-0.39, 0.29) is 5.75 Å². The van der Waals surface area contributed by atoms with E-state index < -0.39 is 11.2 Å². The van der Waals surface area contributed by atoms with Gasteiger partial charge in [0.05, 0.1) is 21.3 Å². The van der Waals surface area contributed by atoms with Crippen molar-refractivity contribution >= 4 is 50.5 Å². The summed E-state index contributed by atoms with van der Waals surface area (Å²) in [5, 5.41) is 0.175. The van der Waals surface area contributed by atoms with Gasteiger partial charge in [0.15, 0.2) is 11.6 Å². The van der Waals surface area contributed by atoms with Crippen LogP contribution >= 0.6 is 50.5 Å². The minimum Gasteiger partial charge on any atom is -0.494 e. The molecule has 1 aromatic carbocycles. The lowest BCUT2D eigenvalue weighted by Crippen LogP contribution is -1.94. The van der Waals surface area contributed by atoms with Gasteiger partial charge in [0, 0.05) is 4.88 Å². The number of rotatable bonds is 3. The zero-order valence-corrected chi connectivity index (χ0v) is 13.1. The van der Waals surface area contributed by atoms with Crippen LogP contribution < -0.4 is 4.74 Å². The van der Waals surface area contributed by atoms with E-state index in [0.29, 0.717) is 10.6 Å². The van der Waals surface area contributed by atoms with Gasteiger partial charge in [0.2, 0.25) is 0 Å². The second-order valence-corrected chi connectivity index (χ2v) is 6.77. The van der Waals surface area contributed by atoms with Crippen LogP contribution in [0.5, 0.6) is 5.75 Å². The van der Waals surface area contributed by atoms with Crippen molar-refractivity contribution in [2.45, 2.75) is 5.38 Å². The maximum absolute atomic E-state index is 13.6. The molecule has 0 N–H and O–H groups in total. The molecule has 0 fully saturated rings. The average molecular weight is 370 g/mol. The molecule has 0 aliphatic heterocycles.